The van der Waals surface area contributed by atoms with Crippen LogP contribution in [0.15, 0.2) is 25.0 Å². The summed E-state index contributed by atoms with van der Waals surface area (Å²) in [6.45, 7) is 14.7. The predicted octanol–water partition coefficient (Wildman–Crippen LogP) is 7.27. The molecule has 6 rings (SSSR count). The molecular formula is C33H49Cl3N10O4. The summed E-state index contributed by atoms with van der Waals surface area (Å²) in [5, 5.41) is 12.1. The molecule has 0 bridgehead atoms. The normalized spacial score (nSPS) is 15.6. The molecule has 4 aromatic rings. The number of fused-ring (bicyclic) bond motifs is 2. The third-order valence-corrected chi connectivity index (χ3v) is 8.24. The number of hydrogen-bond acceptors (Lipinski definition) is 10. The van der Waals surface area contributed by atoms with Gasteiger partial charge in [0.05, 0.1) is 20.8 Å². The number of nitrogens with one attached hydrogen (secondary N) is 5. The van der Waals surface area contributed by atoms with E-state index in [1.165, 1.54) is 12.7 Å². The van der Waals surface area contributed by atoms with Crippen LogP contribution in [0.4, 0.5) is 15.4 Å². The van der Waals surface area contributed by atoms with Crippen molar-refractivity contribution in [2.75, 3.05) is 31.1 Å². The van der Waals surface area contributed by atoms with Crippen LogP contribution in [0, 0.1) is 0 Å². The van der Waals surface area contributed by atoms with Gasteiger partial charge in [0, 0.05) is 37.6 Å². The van der Waals surface area contributed by atoms with Gasteiger partial charge < -0.3 is 40.3 Å². The molecular weight excluding hydrogens is 707 g/mol. The number of rotatable bonds is 3. The first kappa shape index (κ1) is 40.8. The number of alkyl carbamates (subject to hydrolysis) is 2. The minimum absolute atomic E-state index is 0. The molecule has 17 heteroatoms. The van der Waals surface area contributed by atoms with E-state index in [-0.39, 0.29) is 31.7 Å². The molecule has 0 spiro atoms. The second kappa shape index (κ2) is 18.1. The van der Waals surface area contributed by atoms with Crippen molar-refractivity contribution in [2.45, 2.75) is 97.9 Å². The Balaban J connectivity index is 0.000000221. The molecule has 2 aliphatic rings. The highest BCUT2D eigenvalue weighted by molar-refractivity contribution is 6.41. The van der Waals surface area contributed by atoms with Crippen molar-refractivity contribution in [3.8, 4) is 0 Å². The van der Waals surface area contributed by atoms with E-state index in [2.05, 4.69) is 50.8 Å². The summed E-state index contributed by atoms with van der Waals surface area (Å²) in [6, 6.07) is 0.376. The van der Waals surface area contributed by atoms with Crippen LogP contribution in [-0.2, 0) is 9.47 Å². The average molecular weight is 756 g/mol. The molecule has 0 saturated carbocycles. The van der Waals surface area contributed by atoms with Gasteiger partial charge in [0.1, 0.15) is 46.1 Å². The first-order valence-corrected chi connectivity index (χ1v) is 17.3. The molecule has 4 aromatic heterocycles. The number of carbonyl (C=O) groups excluding carboxylic acids is 2. The monoisotopic (exact) mass is 754 g/mol. The number of aromatic amines is 2. The minimum Gasteiger partial charge on any atom is -0.444 e. The van der Waals surface area contributed by atoms with E-state index in [1.54, 1.807) is 12.4 Å². The van der Waals surface area contributed by atoms with Crippen LogP contribution < -0.4 is 20.9 Å². The molecule has 5 N–H and O–H groups in total. The van der Waals surface area contributed by atoms with Crippen LogP contribution in [0.3, 0.4) is 0 Å². The zero-order chi connectivity index (χ0) is 35.8. The fourth-order valence-corrected chi connectivity index (χ4v) is 5.93. The zero-order valence-corrected chi connectivity index (χ0v) is 30.9. The Kier molecular flexibility index (Phi) is 14.8. The molecule has 2 fully saturated rings. The lowest BCUT2D eigenvalue weighted by molar-refractivity contribution is 0.0484. The molecule has 276 valence electrons. The predicted molar refractivity (Wildman–Crippen MR) is 199 cm³/mol. The van der Waals surface area contributed by atoms with Gasteiger partial charge in [0.25, 0.3) is 0 Å². The molecule has 2 aliphatic heterocycles. The van der Waals surface area contributed by atoms with E-state index < -0.39 is 11.2 Å². The van der Waals surface area contributed by atoms with Gasteiger partial charge in [-0.25, -0.2) is 29.5 Å². The number of amides is 2. The Morgan fingerprint density at radius 2 is 1.20 bits per heavy atom. The van der Waals surface area contributed by atoms with E-state index in [9.17, 15) is 9.59 Å². The van der Waals surface area contributed by atoms with Gasteiger partial charge in [-0.2, -0.15) is 0 Å². The molecule has 0 aliphatic carbocycles. The minimum atomic E-state index is -0.484. The van der Waals surface area contributed by atoms with Crippen LogP contribution in [0.5, 0.6) is 0 Å². The summed E-state index contributed by atoms with van der Waals surface area (Å²) in [5.74, 6) is 0.835. The Hall–Kier alpha value is -3.59. The summed E-state index contributed by atoms with van der Waals surface area (Å²) in [5.41, 5.74) is 0.508. The van der Waals surface area contributed by atoms with Crippen molar-refractivity contribution in [1.82, 2.24) is 45.9 Å². The van der Waals surface area contributed by atoms with Gasteiger partial charge in [-0.3, -0.25) is 0 Å². The Labute approximate surface area is 308 Å². The lowest BCUT2D eigenvalue weighted by atomic mass is 10.1. The van der Waals surface area contributed by atoms with Crippen molar-refractivity contribution in [3.05, 3.63) is 40.2 Å². The number of anilines is 1. The summed E-state index contributed by atoms with van der Waals surface area (Å²) < 4.78 is 10.5. The first-order valence-electron chi connectivity index (χ1n) is 16.1. The van der Waals surface area contributed by atoms with E-state index in [1.807, 2.05) is 41.5 Å². The summed E-state index contributed by atoms with van der Waals surface area (Å²) >= 11 is 17.8. The van der Waals surface area contributed by atoms with Gasteiger partial charge in [-0.05, 0) is 80.3 Å². The molecule has 0 radical (unpaired) electrons. The molecule has 6 heterocycles. The fourth-order valence-electron chi connectivity index (χ4n) is 5.19. The van der Waals surface area contributed by atoms with Crippen LogP contribution >= 0.6 is 34.8 Å². The Bertz CT molecular complexity index is 1690. The second-order valence-electron chi connectivity index (χ2n) is 13.7. The maximum Gasteiger partial charge on any atom is 0.407 e. The summed E-state index contributed by atoms with van der Waals surface area (Å²) in [7, 11) is 0. The van der Waals surface area contributed by atoms with Crippen molar-refractivity contribution in [3.63, 3.8) is 0 Å². The Morgan fingerprint density at radius 1 is 0.740 bits per heavy atom. The number of piperidine rings is 2. The summed E-state index contributed by atoms with van der Waals surface area (Å²) in [6.07, 6.45) is 9.24. The lowest BCUT2D eigenvalue weighted by Crippen LogP contribution is -2.46. The molecule has 0 atom stereocenters. The number of halogens is 3. The van der Waals surface area contributed by atoms with Gasteiger partial charge in [-0.1, -0.05) is 42.2 Å². The van der Waals surface area contributed by atoms with Gasteiger partial charge in [0.15, 0.2) is 0 Å². The molecule has 2 amide bonds. The lowest BCUT2D eigenvalue weighted by Gasteiger charge is -2.33. The van der Waals surface area contributed by atoms with Gasteiger partial charge in [0.2, 0.25) is 0 Å². The maximum absolute atomic E-state index is 11.9. The van der Waals surface area contributed by atoms with Crippen molar-refractivity contribution >= 4 is 74.9 Å². The largest absolute Gasteiger partial charge is 0.444 e. The number of aromatic nitrogens is 6. The van der Waals surface area contributed by atoms with Crippen molar-refractivity contribution < 1.29 is 19.1 Å². The van der Waals surface area contributed by atoms with E-state index in [4.69, 9.17) is 44.3 Å². The number of H-pyrrole nitrogens is 2. The Morgan fingerprint density at radius 3 is 1.70 bits per heavy atom. The highest BCUT2D eigenvalue weighted by Crippen LogP contribution is 2.31. The SMILES string of the molecule is C.CC(C)(C)OC(=O)NC1CCN(c2ncnc3[nH]cc(Cl)c23)CC1.CC(C)(C)OC(=O)NC1CCNCC1.Clc1c[nH]c2ncnc(Cl)c12. The molecule has 50 heavy (non-hydrogen) atoms. The van der Waals surface area contributed by atoms with Crippen LogP contribution in [-0.4, -0.2) is 91.6 Å². The number of nitrogens with zero attached hydrogens (tertiary/aromatic N) is 5. The number of hydrogen-bond donors (Lipinski definition) is 5. The standard InChI is InChI=1S/C16H22ClN5O2.C10H20N2O2.C6H3Cl2N3.CH4/c1-16(2,3)24-15(23)21-10-4-6-22(7-5-10)14-12-11(17)8-18-13(12)19-9-20-14;1-10(2,3)14-9(13)12-8-4-6-11-7-5-8;7-3-1-9-6-4(3)5(8)10-2-11-6;/h8-10H,4-7H2,1-3H3,(H,21,23)(H,18,19,20);8,11H,4-7H2,1-3H3,(H,12,13);1-2H,(H,9,10,11);1H4. The highest BCUT2D eigenvalue weighted by atomic mass is 35.5. The van der Waals surface area contributed by atoms with E-state index in [0.29, 0.717) is 26.2 Å². The maximum atomic E-state index is 11.9. The van der Waals surface area contributed by atoms with Gasteiger partial charge >= 0.3 is 12.2 Å². The topological polar surface area (TPSA) is 175 Å². The van der Waals surface area contributed by atoms with Crippen LogP contribution in [0.2, 0.25) is 15.2 Å². The molecule has 14 nitrogen and oxygen atoms in total. The zero-order valence-electron chi connectivity index (χ0n) is 28.6. The van der Waals surface area contributed by atoms with E-state index in [0.717, 1.165) is 68.7 Å². The second-order valence-corrected chi connectivity index (χ2v) is 14.8. The number of carbonyl (C=O) groups is 2. The third-order valence-electron chi connectivity index (χ3n) is 7.35. The quantitative estimate of drug-likeness (QED) is 0.134. The molecule has 0 aromatic carbocycles. The molecule has 0 unspecified atom stereocenters. The van der Waals surface area contributed by atoms with Crippen molar-refractivity contribution in [1.29, 1.82) is 0 Å². The van der Waals surface area contributed by atoms with E-state index >= 15 is 0 Å². The van der Waals surface area contributed by atoms with Crippen LogP contribution in [0.1, 0.15) is 74.7 Å². The third kappa shape index (κ3) is 12.3. The highest BCUT2D eigenvalue weighted by Gasteiger charge is 2.26. The molecule has 2 saturated heterocycles. The number of ether oxygens (including phenoxy) is 2. The first-order chi connectivity index (χ1) is 23.1. The van der Waals surface area contributed by atoms with Crippen LogP contribution in [0.25, 0.3) is 22.1 Å². The smallest absolute Gasteiger partial charge is 0.407 e. The fraction of sp³-hybridized carbons (Fsp3) is 0.576. The van der Waals surface area contributed by atoms with Gasteiger partial charge in [-0.15, -0.1) is 0 Å². The van der Waals surface area contributed by atoms with Crippen molar-refractivity contribution in [2.24, 2.45) is 0 Å². The average Bonchev–Trinajstić information content (AvgIpc) is 3.60. The summed E-state index contributed by atoms with van der Waals surface area (Å²) in [4.78, 5) is 47.6.